The zero-order valence-electron chi connectivity index (χ0n) is 11.8. The fourth-order valence-corrected chi connectivity index (χ4v) is 3.46. The largest absolute Gasteiger partial charge is 0.336 e. The Morgan fingerprint density at radius 1 is 1.38 bits per heavy atom. The van der Waals surface area contributed by atoms with Crippen LogP contribution < -0.4 is 0 Å². The van der Waals surface area contributed by atoms with Gasteiger partial charge < -0.3 is 4.90 Å². The summed E-state index contributed by atoms with van der Waals surface area (Å²) in [5, 5.41) is 0. The summed E-state index contributed by atoms with van der Waals surface area (Å²) in [6.07, 6.45) is 1.70. The lowest BCUT2D eigenvalue weighted by Gasteiger charge is -2.36. The Bertz CT molecular complexity index is 662. The van der Waals surface area contributed by atoms with Crippen LogP contribution in [0.25, 0.3) is 0 Å². The number of carbonyl (C=O) groups excluding carboxylic acids is 1. The van der Waals surface area contributed by atoms with Gasteiger partial charge in [-0.1, -0.05) is 6.92 Å². The minimum absolute atomic E-state index is 0.00286. The van der Waals surface area contributed by atoms with Crippen LogP contribution in [0.4, 0.5) is 4.39 Å². The fourth-order valence-electron chi connectivity index (χ4n) is 2.68. The molecule has 21 heavy (non-hydrogen) atoms. The summed E-state index contributed by atoms with van der Waals surface area (Å²) in [6, 6.07) is 3.01. The van der Waals surface area contributed by atoms with Crippen LogP contribution in [-0.4, -0.2) is 31.8 Å². The molecular formula is C14H17ClFNO3S. The van der Waals surface area contributed by atoms with Crippen molar-refractivity contribution in [2.75, 3.05) is 6.54 Å². The maximum atomic E-state index is 13.9. The lowest BCUT2D eigenvalue weighted by Crippen LogP contribution is -2.44. The Morgan fingerprint density at radius 3 is 2.62 bits per heavy atom. The van der Waals surface area contributed by atoms with Crippen molar-refractivity contribution in [1.29, 1.82) is 0 Å². The molecule has 116 valence electrons. The van der Waals surface area contributed by atoms with Crippen LogP contribution in [0.15, 0.2) is 23.1 Å². The van der Waals surface area contributed by atoms with E-state index < -0.39 is 20.8 Å². The Labute approximate surface area is 128 Å². The van der Waals surface area contributed by atoms with E-state index in [9.17, 15) is 17.6 Å². The van der Waals surface area contributed by atoms with E-state index in [2.05, 4.69) is 6.92 Å². The highest BCUT2D eigenvalue weighted by molar-refractivity contribution is 8.13. The van der Waals surface area contributed by atoms with Crippen molar-refractivity contribution in [3.63, 3.8) is 0 Å². The Balaban J connectivity index is 2.35. The third kappa shape index (κ3) is 3.55. The molecule has 2 atom stereocenters. The minimum atomic E-state index is -3.99. The molecule has 1 fully saturated rings. The van der Waals surface area contributed by atoms with Gasteiger partial charge in [0.25, 0.3) is 15.0 Å². The molecule has 1 aliphatic heterocycles. The molecule has 0 bridgehead atoms. The third-order valence-corrected chi connectivity index (χ3v) is 5.20. The normalized spacial score (nSPS) is 23.1. The average Bonchev–Trinajstić information content (AvgIpc) is 2.37. The zero-order chi connectivity index (χ0) is 15.8. The van der Waals surface area contributed by atoms with Gasteiger partial charge in [0.2, 0.25) is 0 Å². The number of amides is 1. The molecule has 2 rings (SSSR count). The summed E-state index contributed by atoms with van der Waals surface area (Å²) < 4.78 is 36.5. The lowest BCUT2D eigenvalue weighted by molar-refractivity contribution is 0.0583. The van der Waals surface area contributed by atoms with E-state index in [1.807, 2.05) is 6.92 Å². The first-order valence-corrected chi connectivity index (χ1v) is 9.06. The van der Waals surface area contributed by atoms with Crippen molar-refractivity contribution in [1.82, 2.24) is 4.90 Å². The first-order chi connectivity index (χ1) is 9.70. The molecule has 0 spiro atoms. The van der Waals surface area contributed by atoms with Crippen LogP contribution in [0.3, 0.4) is 0 Å². The predicted octanol–water partition coefficient (Wildman–Crippen LogP) is 3.01. The summed E-state index contributed by atoms with van der Waals surface area (Å²) in [4.78, 5) is 13.8. The number of carbonyl (C=O) groups is 1. The molecule has 1 amide bonds. The van der Waals surface area contributed by atoms with Gasteiger partial charge in [-0.15, -0.1) is 0 Å². The van der Waals surface area contributed by atoms with Crippen LogP contribution in [0.2, 0.25) is 0 Å². The number of halogens is 2. The van der Waals surface area contributed by atoms with E-state index in [0.717, 1.165) is 31.0 Å². The number of hydrogen-bond acceptors (Lipinski definition) is 3. The van der Waals surface area contributed by atoms with Gasteiger partial charge >= 0.3 is 0 Å². The van der Waals surface area contributed by atoms with Crippen molar-refractivity contribution in [3.8, 4) is 0 Å². The molecule has 2 unspecified atom stereocenters. The molecule has 1 aliphatic rings. The van der Waals surface area contributed by atoms with Gasteiger partial charge in [-0.3, -0.25) is 4.79 Å². The van der Waals surface area contributed by atoms with Gasteiger partial charge in [0.05, 0.1) is 10.5 Å². The quantitative estimate of drug-likeness (QED) is 0.782. The van der Waals surface area contributed by atoms with Crippen LogP contribution in [-0.2, 0) is 9.05 Å². The van der Waals surface area contributed by atoms with Crippen molar-refractivity contribution in [2.45, 2.75) is 37.6 Å². The maximum absolute atomic E-state index is 13.9. The molecule has 1 aromatic carbocycles. The van der Waals surface area contributed by atoms with Gasteiger partial charge in [0.15, 0.2) is 0 Å². The number of rotatable bonds is 2. The van der Waals surface area contributed by atoms with Crippen molar-refractivity contribution in [2.24, 2.45) is 5.92 Å². The number of likely N-dealkylation sites (tertiary alicyclic amines) is 1. The molecule has 1 aromatic rings. The first kappa shape index (κ1) is 16.2. The number of benzene rings is 1. The highest BCUT2D eigenvalue weighted by Crippen LogP contribution is 2.26. The van der Waals surface area contributed by atoms with E-state index >= 15 is 0 Å². The molecule has 0 aromatic heterocycles. The molecular weight excluding hydrogens is 317 g/mol. The molecule has 1 heterocycles. The van der Waals surface area contributed by atoms with Crippen molar-refractivity contribution in [3.05, 3.63) is 29.6 Å². The van der Waals surface area contributed by atoms with Crippen LogP contribution in [0, 0.1) is 11.7 Å². The first-order valence-electron chi connectivity index (χ1n) is 6.75. The monoisotopic (exact) mass is 333 g/mol. The SMILES string of the molecule is CC1CCN(C(=O)c2cc(S(=O)(=O)Cl)ccc2F)C(C)C1. The van der Waals surface area contributed by atoms with E-state index in [-0.39, 0.29) is 16.5 Å². The zero-order valence-corrected chi connectivity index (χ0v) is 13.4. The molecule has 7 heteroatoms. The second-order valence-electron chi connectivity index (χ2n) is 5.56. The second-order valence-corrected chi connectivity index (χ2v) is 8.12. The smallest absolute Gasteiger partial charge is 0.261 e. The highest BCUT2D eigenvalue weighted by atomic mass is 35.7. The van der Waals surface area contributed by atoms with Crippen molar-refractivity contribution < 1.29 is 17.6 Å². The fraction of sp³-hybridized carbons (Fsp3) is 0.500. The molecule has 0 N–H and O–H groups in total. The van der Waals surface area contributed by atoms with E-state index in [1.54, 1.807) is 4.90 Å². The van der Waals surface area contributed by atoms with E-state index in [0.29, 0.717) is 12.5 Å². The standard InChI is InChI=1S/C14H17ClFNO3S/c1-9-5-6-17(10(2)7-9)14(18)12-8-11(21(15,19)20)3-4-13(12)16/h3-4,8-10H,5-7H2,1-2H3. The number of hydrogen-bond donors (Lipinski definition) is 0. The van der Waals surface area contributed by atoms with Crippen molar-refractivity contribution >= 4 is 25.6 Å². The minimum Gasteiger partial charge on any atom is -0.336 e. The van der Waals surface area contributed by atoms with Gasteiger partial charge in [-0.05, 0) is 43.9 Å². The molecule has 0 radical (unpaired) electrons. The topological polar surface area (TPSA) is 54.5 Å². The number of nitrogens with zero attached hydrogens (tertiary/aromatic N) is 1. The molecule has 0 aliphatic carbocycles. The summed E-state index contributed by atoms with van der Waals surface area (Å²) in [5.41, 5.74) is -0.252. The third-order valence-electron chi connectivity index (χ3n) is 3.85. The predicted molar refractivity (Wildman–Crippen MR) is 78.3 cm³/mol. The van der Waals surface area contributed by atoms with Crippen LogP contribution in [0.5, 0.6) is 0 Å². The Hall–Kier alpha value is -1.14. The van der Waals surface area contributed by atoms with Crippen LogP contribution in [0.1, 0.15) is 37.0 Å². The van der Waals surface area contributed by atoms with E-state index in [1.165, 1.54) is 0 Å². The van der Waals surface area contributed by atoms with Gasteiger partial charge in [-0.2, -0.15) is 0 Å². The second kappa shape index (κ2) is 5.93. The maximum Gasteiger partial charge on any atom is 0.261 e. The Morgan fingerprint density at radius 2 is 2.05 bits per heavy atom. The summed E-state index contributed by atoms with van der Waals surface area (Å²) in [7, 11) is 1.25. The Kier molecular flexibility index (Phi) is 4.58. The lowest BCUT2D eigenvalue weighted by atomic mass is 9.93. The molecule has 4 nitrogen and oxygen atoms in total. The van der Waals surface area contributed by atoms with Gasteiger partial charge in [0.1, 0.15) is 5.82 Å². The number of piperidine rings is 1. The highest BCUT2D eigenvalue weighted by Gasteiger charge is 2.29. The average molecular weight is 334 g/mol. The van der Waals surface area contributed by atoms with Crippen LogP contribution >= 0.6 is 10.7 Å². The summed E-state index contributed by atoms with van der Waals surface area (Å²) >= 11 is 0. The van der Waals surface area contributed by atoms with E-state index in [4.69, 9.17) is 10.7 Å². The molecule has 0 saturated carbocycles. The van der Waals surface area contributed by atoms with Gasteiger partial charge in [-0.25, -0.2) is 12.8 Å². The van der Waals surface area contributed by atoms with Gasteiger partial charge in [0, 0.05) is 23.3 Å². The molecule has 1 saturated heterocycles. The summed E-state index contributed by atoms with van der Waals surface area (Å²) in [5.74, 6) is -0.715. The summed E-state index contributed by atoms with van der Waals surface area (Å²) in [6.45, 7) is 4.56.